The third-order valence-electron chi connectivity index (χ3n) is 4.24. The molecular formula is C20H19NO5. The largest absolute Gasteiger partial charge is 0.493 e. The fourth-order valence-electron chi connectivity index (χ4n) is 3.06. The van der Waals surface area contributed by atoms with E-state index in [0.717, 1.165) is 16.5 Å². The predicted molar refractivity (Wildman–Crippen MR) is 97.5 cm³/mol. The lowest BCUT2D eigenvalue weighted by molar-refractivity contribution is -0.104. The van der Waals surface area contributed by atoms with E-state index in [9.17, 15) is 9.59 Å². The first kappa shape index (κ1) is 17.5. The number of para-hydroxylation sites is 1. The lowest BCUT2D eigenvalue weighted by Crippen LogP contribution is -2.02. The highest BCUT2D eigenvalue weighted by Crippen LogP contribution is 2.38. The number of carbonyl (C=O) groups excluding carboxylic acids is 2. The number of carbonyl (C=O) groups is 2. The van der Waals surface area contributed by atoms with Crippen molar-refractivity contribution in [1.29, 1.82) is 0 Å². The maximum atomic E-state index is 11.9. The molecule has 0 N–H and O–H groups in total. The minimum absolute atomic E-state index is 0.339. The van der Waals surface area contributed by atoms with Gasteiger partial charge in [0.2, 0.25) is 11.5 Å². The van der Waals surface area contributed by atoms with Crippen LogP contribution in [-0.4, -0.2) is 38.0 Å². The molecular weight excluding hydrogens is 334 g/mol. The summed E-state index contributed by atoms with van der Waals surface area (Å²) in [7, 11) is 4.68. The molecule has 0 aliphatic rings. The molecule has 134 valence electrons. The Kier molecular flexibility index (Phi) is 4.93. The molecule has 0 fully saturated rings. The topological polar surface area (TPSA) is 66.8 Å². The van der Waals surface area contributed by atoms with Crippen LogP contribution in [0.5, 0.6) is 17.2 Å². The number of ether oxygens (including phenoxy) is 3. The monoisotopic (exact) mass is 353 g/mol. The first-order chi connectivity index (χ1) is 12.6. The Labute approximate surface area is 150 Å². The van der Waals surface area contributed by atoms with E-state index >= 15 is 0 Å². The van der Waals surface area contributed by atoms with E-state index in [1.807, 2.05) is 41.0 Å². The summed E-state index contributed by atoms with van der Waals surface area (Å²) in [6.07, 6.45) is 2.04. The van der Waals surface area contributed by atoms with Crippen LogP contribution in [0.3, 0.4) is 0 Å². The fraction of sp³-hybridized carbons (Fsp3) is 0.200. The molecule has 0 bridgehead atoms. The van der Waals surface area contributed by atoms with Crippen LogP contribution in [0.25, 0.3) is 10.9 Å². The molecule has 0 spiro atoms. The van der Waals surface area contributed by atoms with Crippen molar-refractivity contribution in [2.45, 2.75) is 6.54 Å². The minimum atomic E-state index is -0.537. The highest BCUT2D eigenvalue weighted by Gasteiger charge is 2.17. The molecule has 0 radical (unpaired) electrons. The van der Waals surface area contributed by atoms with Crippen LogP contribution in [0.1, 0.15) is 15.9 Å². The van der Waals surface area contributed by atoms with Gasteiger partial charge < -0.3 is 18.8 Å². The molecule has 26 heavy (non-hydrogen) atoms. The Bertz CT molecular complexity index is 948. The zero-order valence-electron chi connectivity index (χ0n) is 14.8. The molecule has 0 amide bonds. The van der Waals surface area contributed by atoms with Gasteiger partial charge in [-0.05, 0) is 23.8 Å². The van der Waals surface area contributed by atoms with Gasteiger partial charge in [0.1, 0.15) is 0 Å². The number of rotatable bonds is 7. The van der Waals surface area contributed by atoms with Crippen molar-refractivity contribution in [3.63, 3.8) is 0 Å². The van der Waals surface area contributed by atoms with E-state index in [-0.39, 0.29) is 0 Å². The average Bonchev–Trinajstić information content (AvgIpc) is 3.05. The molecule has 0 unspecified atom stereocenters. The number of nitrogens with zero attached hydrogens (tertiary/aromatic N) is 1. The SMILES string of the molecule is COc1cc(Cn2cc(C(=O)C=O)c3ccccc32)cc(OC)c1OC. The van der Waals surface area contributed by atoms with Crippen molar-refractivity contribution >= 4 is 23.0 Å². The van der Waals surface area contributed by atoms with E-state index < -0.39 is 5.78 Å². The fourth-order valence-corrected chi connectivity index (χ4v) is 3.06. The molecule has 0 aliphatic heterocycles. The summed E-state index contributed by atoms with van der Waals surface area (Å²) in [6.45, 7) is 0.476. The van der Waals surface area contributed by atoms with Gasteiger partial charge >= 0.3 is 0 Å². The van der Waals surface area contributed by atoms with Gasteiger partial charge in [0, 0.05) is 23.6 Å². The lowest BCUT2D eigenvalue weighted by atomic mass is 10.1. The summed E-state index contributed by atoms with van der Waals surface area (Å²) >= 11 is 0. The van der Waals surface area contributed by atoms with Gasteiger partial charge in [0.05, 0.1) is 26.9 Å². The van der Waals surface area contributed by atoms with E-state index in [4.69, 9.17) is 14.2 Å². The standard InChI is InChI=1S/C20H19NO5/c1-24-18-8-13(9-19(25-2)20(18)26-3)10-21-11-15(17(23)12-22)14-6-4-5-7-16(14)21/h4-9,11-12H,10H2,1-3H3. The van der Waals surface area contributed by atoms with Crippen LogP contribution in [0.4, 0.5) is 0 Å². The summed E-state index contributed by atoms with van der Waals surface area (Å²) in [5.74, 6) is 1.10. The van der Waals surface area contributed by atoms with Crippen LogP contribution < -0.4 is 14.2 Å². The molecule has 0 aliphatic carbocycles. The zero-order valence-corrected chi connectivity index (χ0v) is 14.8. The van der Waals surface area contributed by atoms with E-state index in [0.29, 0.717) is 35.6 Å². The van der Waals surface area contributed by atoms with Crippen molar-refractivity contribution in [3.8, 4) is 17.2 Å². The number of ketones is 1. The van der Waals surface area contributed by atoms with E-state index in [2.05, 4.69) is 0 Å². The number of Topliss-reactive ketones (excluding diaryl/α,β-unsaturated/α-hetero) is 1. The third-order valence-corrected chi connectivity index (χ3v) is 4.24. The smallest absolute Gasteiger partial charge is 0.227 e. The molecule has 0 atom stereocenters. The van der Waals surface area contributed by atoms with Gasteiger partial charge in [-0.25, -0.2) is 0 Å². The summed E-state index contributed by atoms with van der Waals surface area (Å²) in [6, 6.07) is 11.2. The average molecular weight is 353 g/mol. The second-order valence-corrected chi connectivity index (χ2v) is 5.70. The van der Waals surface area contributed by atoms with Crippen LogP contribution in [0.2, 0.25) is 0 Å². The summed E-state index contributed by atoms with van der Waals surface area (Å²) in [5.41, 5.74) is 2.17. The van der Waals surface area contributed by atoms with Crippen molar-refractivity contribution in [2.75, 3.05) is 21.3 Å². The lowest BCUT2D eigenvalue weighted by Gasteiger charge is -2.14. The van der Waals surface area contributed by atoms with Crippen LogP contribution in [0, 0.1) is 0 Å². The van der Waals surface area contributed by atoms with Crippen molar-refractivity contribution in [1.82, 2.24) is 4.57 Å². The number of fused-ring (bicyclic) bond motifs is 1. The van der Waals surface area contributed by atoms with Gasteiger partial charge in [-0.15, -0.1) is 0 Å². The summed E-state index contributed by atoms with van der Waals surface area (Å²) in [4.78, 5) is 22.9. The number of methoxy groups -OCH3 is 3. The number of hydrogen-bond acceptors (Lipinski definition) is 5. The third kappa shape index (κ3) is 3.01. The Morgan fingerprint density at radius 1 is 1.04 bits per heavy atom. The minimum Gasteiger partial charge on any atom is -0.493 e. The molecule has 6 nitrogen and oxygen atoms in total. The van der Waals surface area contributed by atoms with Gasteiger partial charge in [-0.1, -0.05) is 18.2 Å². The van der Waals surface area contributed by atoms with E-state index in [1.165, 1.54) is 0 Å². The molecule has 6 heteroatoms. The van der Waals surface area contributed by atoms with Crippen LogP contribution in [0.15, 0.2) is 42.6 Å². The summed E-state index contributed by atoms with van der Waals surface area (Å²) < 4.78 is 18.0. The Morgan fingerprint density at radius 2 is 1.69 bits per heavy atom. The molecule has 1 heterocycles. The number of hydrogen-bond donors (Lipinski definition) is 0. The molecule has 0 saturated carbocycles. The maximum Gasteiger partial charge on any atom is 0.227 e. The predicted octanol–water partition coefficient (Wildman–Crippen LogP) is 3.10. The van der Waals surface area contributed by atoms with Gasteiger partial charge in [0.15, 0.2) is 17.8 Å². The zero-order chi connectivity index (χ0) is 18.7. The highest BCUT2D eigenvalue weighted by atomic mass is 16.5. The highest BCUT2D eigenvalue weighted by molar-refractivity contribution is 6.36. The van der Waals surface area contributed by atoms with Crippen molar-refractivity contribution in [3.05, 3.63) is 53.7 Å². The second-order valence-electron chi connectivity index (χ2n) is 5.70. The summed E-state index contributed by atoms with van der Waals surface area (Å²) in [5, 5.41) is 0.747. The van der Waals surface area contributed by atoms with Crippen molar-refractivity contribution < 1.29 is 23.8 Å². The number of benzene rings is 2. The normalized spacial score (nSPS) is 10.6. The first-order valence-corrected chi connectivity index (χ1v) is 7.99. The van der Waals surface area contributed by atoms with Gasteiger partial charge in [-0.2, -0.15) is 0 Å². The molecule has 0 saturated heterocycles. The van der Waals surface area contributed by atoms with Crippen molar-refractivity contribution in [2.24, 2.45) is 0 Å². The van der Waals surface area contributed by atoms with Gasteiger partial charge in [-0.3, -0.25) is 9.59 Å². The van der Waals surface area contributed by atoms with Gasteiger partial charge in [0.25, 0.3) is 0 Å². The molecule has 2 aromatic carbocycles. The number of aromatic nitrogens is 1. The Hall–Kier alpha value is -3.28. The van der Waals surface area contributed by atoms with Crippen LogP contribution in [-0.2, 0) is 11.3 Å². The maximum absolute atomic E-state index is 11.9. The van der Waals surface area contributed by atoms with E-state index in [1.54, 1.807) is 27.5 Å². The molecule has 3 aromatic rings. The molecule has 3 rings (SSSR count). The quantitative estimate of drug-likeness (QED) is 0.371. The first-order valence-electron chi connectivity index (χ1n) is 7.99. The number of aldehydes is 1. The second kappa shape index (κ2) is 7.31. The van der Waals surface area contributed by atoms with Crippen LogP contribution >= 0.6 is 0 Å². The Morgan fingerprint density at radius 3 is 2.27 bits per heavy atom. The Balaban J connectivity index is 2.10. The molecule has 1 aromatic heterocycles.